The molecular weight excluding hydrogens is 236 g/mol. The molecule has 0 fully saturated rings. The fourth-order valence-electron chi connectivity index (χ4n) is 2.05. The number of ether oxygens (including phenoxy) is 1. The van der Waals surface area contributed by atoms with Crippen molar-refractivity contribution in [1.82, 2.24) is 0 Å². The topological polar surface area (TPSA) is 45.4 Å². The van der Waals surface area contributed by atoms with Crippen molar-refractivity contribution in [2.45, 2.75) is 6.42 Å². The third kappa shape index (κ3) is 2.34. The summed E-state index contributed by atoms with van der Waals surface area (Å²) in [6.07, 6.45) is 0.437. The Morgan fingerprint density at radius 3 is 2.68 bits per heavy atom. The molecular formula is C16H12N2O. The van der Waals surface area contributed by atoms with E-state index in [4.69, 9.17) is 10.00 Å². The van der Waals surface area contributed by atoms with Crippen LogP contribution in [0.4, 0.5) is 5.69 Å². The summed E-state index contributed by atoms with van der Waals surface area (Å²) in [5, 5.41) is 8.65. The van der Waals surface area contributed by atoms with Crippen LogP contribution in [0, 0.1) is 11.3 Å². The van der Waals surface area contributed by atoms with Crippen LogP contribution >= 0.6 is 0 Å². The van der Waals surface area contributed by atoms with Gasteiger partial charge >= 0.3 is 0 Å². The van der Waals surface area contributed by atoms with Gasteiger partial charge in [0.2, 0.25) is 0 Å². The Kier molecular flexibility index (Phi) is 2.99. The lowest BCUT2D eigenvalue weighted by Crippen LogP contribution is -2.16. The molecule has 1 heterocycles. The van der Waals surface area contributed by atoms with Crippen molar-refractivity contribution < 1.29 is 4.74 Å². The Morgan fingerprint density at radius 2 is 1.89 bits per heavy atom. The maximum absolute atomic E-state index is 8.65. The van der Waals surface area contributed by atoms with E-state index in [2.05, 4.69) is 11.1 Å². The summed E-state index contributed by atoms with van der Waals surface area (Å²) in [5.74, 6) is 0.826. The van der Waals surface area contributed by atoms with E-state index < -0.39 is 0 Å². The minimum Gasteiger partial charge on any atom is -0.485 e. The number of para-hydroxylation sites is 2. The minimum atomic E-state index is 0.437. The molecule has 0 radical (unpaired) electrons. The van der Waals surface area contributed by atoms with Crippen LogP contribution in [0.25, 0.3) is 0 Å². The van der Waals surface area contributed by atoms with Crippen LogP contribution in [0.5, 0.6) is 5.75 Å². The van der Waals surface area contributed by atoms with E-state index in [9.17, 15) is 0 Å². The van der Waals surface area contributed by atoms with Crippen molar-refractivity contribution in [2.24, 2.45) is 4.99 Å². The van der Waals surface area contributed by atoms with Crippen molar-refractivity contribution in [3.05, 3.63) is 59.7 Å². The lowest BCUT2D eigenvalue weighted by atomic mass is 10.1. The number of benzene rings is 2. The quantitative estimate of drug-likeness (QED) is 0.818. The highest BCUT2D eigenvalue weighted by atomic mass is 16.5. The molecule has 2 aromatic rings. The second-order valence-electron chi connectivity index (χ2n) is 4.35. The highest BCUT2D eigenvalue weighted by Crippen LogP contribution is 2.30. The van der Waals surface area contributed by atoms with Crippen molar-refractivity contribution in [3.8, 4) is 11.8 Å². The van der Waals surface area contributed by atoms with E-state index in [0.717, 1.165) is 28.3 Å². The van der Waals surface area contributed by atoms with Gasteiger partial charge in [0.1, 0.15) is 18.0 Å². The molecule has 1 aliphatic heterocycles. The van der Waals surface area contributed by atoms with Crippen LogP contribution in [-0.4, -0.2) is 12.3 Å². The SMILES string of the molecule is N#CCc1ccc(C2=Nc3ccccc3OC2)cc1. The number of fused-ring (bicyclic) bond motifs is 1. The second kappa shape index (κ2) is 4.95. The van der Waals surface area contributed by atoms with Crippen molar-refractivity contribution in [3.63, 3.8) is 0 Å². The average molecular weight is 248 g/mol. The van der Waals surface area contributed by atoms with E-state index in [-0.39, 0.29) is 0 Å². The van der Waals surface area contributed by atoms with Crippen molar-refractivity contribution in [2.75, 3.05) is 6.61 Å². The zero-order valence-corrected chi connectivity index (χ0v) is 10.3. The van der Waals surface area contributed by atoms with Crippen LogP contribution in [0.1, 0.15) is 11.1 Å². The first-order valence-electron chi connectivity index (χ1n) is 6.12. The molecule has 0 aromatic heterocycles. The molecule has 3 nitrogen and oxygen atoms in total. The van der Waals surface area contributed by atoms with Gasteiger partial charge in [0.15, 0.2) is 0 Å². The maximum Gasteiger partial charge on any atom is 0.145 e. The number of nitrogens with zero attached hydrogens (tertiary/aromatic N) is 2. The molecule has 0 aliphatic carbocycles. The van der Waals surface area contributed by atoms with Gasteiger partial charge in [0.25, 0.3) is 0 Å². The molecule has 3 rings (SSSR count). The third-order valence-electron chi connectivity index (χ3n) is 3.06. The first kappa shape index (κ1) is 11.5. The van der Waals surface area contributed by atoms with Crippen LogP contribution in [0.3, 0.4) is 0 Å². The largest absolute Gasteiger partial charge is 0.485 e. The van der Waals surface area contributed by atoms with Crippen LogP contribution < -0.4 is 4.74 Å². The molecule has 0 atom stereocenters. The van der Waals surface area contributed by atoms with Gasteiger partial charge in [-0.2, -0.15) is 5.26 Å². The Hall–Kier alpha value is -2.60. The molecule has 0 spiro atoms. The molecule has 0 amide bonds. The zero-order valence-electron chi connectivity index (χ0n) is 10.3. The summed E-state index contributed by atoms with van der Waals surface area (Å²) in [7, 11) is 0. The summed E-state index contributed by atoms with van der Waals surface area (Å²) in [5.41, 5.74) is 3.84. The van der Waals surface area contributed by atoms with Gasteiger partial charge in [-0.15, -0.1) is 0 Å². The van der Waals surface area contributed by atoms with Crippen LogP contribution in [0.2, 0.25) is 0 Å². The molecule has 2 aromatic carbocycles. The lowest BCUT2D eigenvalue weighted by molar-refractivity contribution is 0.373. The number of hydrogen-bond donors (Lipinski definition) is 0. The molecule has 0 N–H and O–H groups in total. The van der Waals surface area contributed by atoms with Crippen molar-refractivity contribution in [1.29, 1.82) is 5.26 Å². The normalized spacial score (nSPS) is 12.9. The number of nitriles is 1. The van der Waals surface area contributed by atoms with Gasteiger partial charge in [-0.05, 0) is 23.3 Å². The molecule has 0 unspecified atom stereocenters. The van der Waals surface area contributed by atoms with Gasteiger partial charge in [0.05, 0.1) is 18.2 Å². The molecule has 19 heavy (non-hydrogen) atoms. The molecule has 92 valence electrons. The maximum atomic E-state index is 8.65. The van der Waals surface area contributed by atoms with Crippen LogP contribution in [-0.2, 0) is 6.42 Å². The molecule has 0 saturated heterocycles. The predicted molar refractivity (Wildman–Crippen MR) is 73.9 cm³/mol. The summed E-state index contributed by atoms with van der Waals surface area (Å²) < 4.78 is 5.69. The zero-order chi connectivity index (χ0) is 13.1. The van der Waals surface area contributed by atoms with E-state index in [1.807, 2.05) is 48.5 Å². The standard InChI is InChI=1S/C16H12N2O/c17-10-9-12-5-7-13(8-6-12)15-11-19-16-4-2-1-3-14(16)18-15/h1-8H,9,11H2. The molecule has 3 heteroatoms. The van der Waals surface area contributed by atoms with E-state index in [0.29, 0.717) is 13.0 Å². The number of rotatable bonds is 2. The number of aliphatic imine (C=N–C) groups is 1. The van der Waals surface area contributed by atoms with E-state index in [1.54, 1.807) is 0 Å². The summed E-state index contributed by atoms with van der Waals surface area (Å²) in [6, 6.07) is 17.8. The predicted octanol–water partition coefficient (Wildman–Crippen LogP) is 3.27. The Labute approximate surface area is 111 Å². The first-order valence-corrected chi connectivity index (χ1v) is 6.12. The van der Waals surface area contributed by atoms with Gasteiger partial charge in [0, 0.05) is 0 Å². The molecule has 0 bridgehead atoms. The summed E-state index contributed by atoms with van der Waals surface area (Å²) in [4.78, 5) is 4.62. The highest BCUT2D eigenvalue weighted by Gasteiger charge is 2.13. The third-order valence-corrected chi connectivity index (χ3v) is 3.06. The van der Waals surface area contributed by atoms with E-state index in [1.165, 1.54) is 0 Å². The number of hydrogen-bond acceptors (Lipinski definition) is 3. The Morgan fingerprint density at radius 1 is 1.11 bits per heavy atom. The monoisotopic (exact) mass is 248 g/mol. The molecule has 0 saturated carbocycles. The Bertz CT molecular complexity index is 666. The van der Waals surface area contributed by atoms with E-state index >= 15 is 0 Å². The molecule has 1 aliphatic rings. The van der Waals surface area contributed by atoms with Crippen molar-refractivity contribution >= 4 is 11.4 Å². The minimum absolute atomic E-state index is 0.437. The summed E-state index contributed by atoms with van der Waals surface area (Å²) >= 11 is 0. The fourth-order valence-corrected chi connectivity index (χ4v) is 2.05. The van der Waals surface area contributed by atoms with Gasteiger partial charge in [-0.3, -0.25) is 0 Å². The Balaban J connectivity index is 1.92. The van der Waals surface area contributed by atoms with Gasteiger partial charge in [-0.25, -0.2) is 4.99 Å². The second-order valence-corrected chi connectivity index (χ2v) is 4.35. The smallest absolute Gasteiger partial charge is 0.145 e. The lowest BCUT2D eigenvalue weighted by Gasteiger charge is -2.16. The van der Waals surface area contributed by atoms with Crippen LogP contribution in [0.15, 0.2) is 53.5 Å². The van der Waals surface area contributed by atoms with Gasteiger partial charge in [-0.1, -0.05) is 36.4 Å². The average Bonchev–Trinajstić information content (AvgIpc) is 2.48. The highest BCUT2D eigenvalue weighted by molar-refractivity contribution is 6.04. The fraction of sp³-hybridized carbons (Fsp3) is 0.125. The van der Waals surface area contributed by atoms with Gasteiger partial charge < -0.3 is 4.74 Å². The first-order chi connectivity index (χ1) is 9.36. The summed E-state index contributed by atoms with van der Waals surface area (Å²) in [6.45, 7) is 0.481.